The summed E-state index contributed by atoms with van der Waals surface area (Å²) in [6, 6.07) is 14.3. The molecule has 1 atom stereocenters. The fourth-order valence-corrected chi connectivity index (χ4v) is 3.73. The van der Waals surface area contributed by atoms with E-state index in [1.807, 2.05) is 48.7 Å². The van der Waals surface area contributed by atoms with Gasteiger partial charge in [0.25, 0.3) is 0 Å². The summed E-state index contributed by atoms with van der Waals surface area (Å²) in [7, 11) is 0. The number of hydrogen-bond acceptors (Lipinski definition) is 4. The van der Waals surface area contributed by atoms with Gasteiger partial charge in [-0.15, -0.1) is 0 Å². The number of rotatable bonds is 3. The number of pyridine rings is 1. The van der Waals surface area contributed by atoms with Crippen LogP contribution in [0.15, 0.2) is 48.7 Å². The molecule has 5 nitrogen and oxygen atoms in total. The van der Waals surface area contributed by atoms with Gasteiger partial charge in [-0.3, -0.25) is 4.98 Å². The van der Waals surface area contributed by atoms with Crippen molar-refractivity contribution in [1.82, 2.24) is 20.3 Å². The summed E-state index contributed by atoms with van der Waals surface area (Å²) in [4.78, 5) is 12.8. The third kappa shape index (κ3) is 2.69. The Hall–Kier alpha value is -2.63. The molecule has 2 aromatic heterocycles. The van der Waals surface area contributed by atoms with Crippen LogP contribution in [0.25, 0.3) is 33.3 Å². The summed E-state index contributed by atoms with van der Waals surface area (Å²) in [6.45, 7) is 1.99. The molecule has 1 fully saturated rings. The van der Waals surface area contributed by atoms with Crippen molar-refractivity contribution in [2.24, 2.45) is 0 Å². The van der Waals surface area contributed by atoms with E-state index >= 15 is 0 Å². The summed E-state index contributed by atoms with van der Waals surface area (Å²) >= 11 is 6.16. The van der Waals surface area contributed by atoms with Crippen molar-refractivity contribution < 1.29 is 0 Å². The van der Waals surface area contributed by atoms with E-state index in [2.05, 4.69) is 20.6 Å². The second-order valence-corrected chi connectivity index (χ2v) is 7.08. The number of H-pyrrole nitrogens is 1. The number of aromatic nitrogens is 3. The zero-order valence-electron chi connectivity index (χ0n) is 14.1. The lowest BCUT2D eigenvalue weighted by Gasteiger charge is -2.18. The van der Waals surface area contributed by atoms with E-state index in [1.54, 1.807) is 0 Å². The van der Waals surface area contributed by atoms with Crippen molar-refractivity contribution in [2.45, 2.75) is 12.5 Å². The lowest BCUT2D eigenvalue weighted by atomic mass is 10.1. The molecular formula is C20H18ClN5. The first kappa shape index (κ1) is 15.6. The molecule has 5 rings (SSSR count). The molecule has 3 N–H and O–H groups in total. The van der Waals surface area contributed by atoms with Crippen molar-refractivity contribution in [3.05, 3.63) is 53.7 Å². The largest absolute Gasteiger partial charge is 0.380 e. The third-order valence-corrected chi connectivity index (χ3v) is 5.12. The van der Waals surface area contributed by atoms with Gasteiger partial charge in [-0.25, -0.2) is 4.98 Å². The summed E-state index contributed by atoms with van der Waals surface area (Å²) in [5.41, 5.74) is 4.88. The highest BCUT2D eigenvalue weighted by atomic mass is 35.5. The number of aromatic amines is 1. The standard InChI is InChI=1S/C20H18ClN5/c21-12-5-6-14-18(9-12)23-11-15(19(14)24-13-7-8-22-10-13)20-25-16-3-1-2-4-17(16)26-20/h1-6,9,11,13,22H,7-8,10H2,(H,23,24)(H,25,26)/t13-/m0/s1. The molecular weight excluding hydrogens is 346 g/mol. The third-order valence-electron chi connectivity index (χ3n) is 4.88. The van der Waals surface area contributed by atoms with Crippen molar-refractivity contribution in [3.8, 4) is 11.4 Å². The first-order valence-electron chi connectivity index (χ1n) is 8.78. The van der Waals surface area contributed by atoms with Crippen LogP contribution in [0.2, 0.25) is 5.02 Å². The zero-order valence-corrected chi connectivity index (χ0v) is 14.8. The first-order chi connectivity index (χ1) is 12.8. The van der Waals surface area contributed by atoms with E-state index in [1.165, 1.54) is 0 Å². The molecule has 1 aliphatic rings. The van der Waals surface area contributed by atoms with Gasteiger partial charge < -0.3 is 15.6 Å². The van der Waals surface area contributed by atoms with Gasteiger partial charge in [0.05, 0.1) is 27.8 Å². The minimum Gasteiger partial charge on any atom is -0.380 e. The minimum absolute atomic E-state index is 0.388. The van der Waals surface area contributed by atoms with Crippen molar-refractivity contribution in [2.75, 3.05) is 18.4 Å². The summed E-state index contributed by atoms with van der Waals surface area (Å²) < 4.78 is 0. The molecule has 0 radical (unpaired) electrons. The molecule has 0 spiro atoms. The number of nitrogens with one attached hydrogen (secondary N) is 3. The maximum absolute atomic E-state index is 6.16. The van der Waals surface area contributed by atoms with Crippen LogP contribution >= 0.6 is 11.6 Å². The topological polar surface area (TPSA) is 65.6 Å². The molecule has 1 saturated heterocycles. The summed E-state index contributed by atoms with van der Waals surface area (Å²) in [5, 5.41) is 8.86. The highest BCUT2D eigenvalue weighted by molar-refractivity contribution is 6.31. The summed E-state index contributed by atoms with van der Waals surface area (Å²) in [5.74, 6) is 0.823. The van der Waals surface area contributed by atoms with Gasteiger partial charge in [0.1, 0.15) is 5.82 Å². The van der Waals surface area contributed by atoms with Gasteiger partial charge in [0, 0.05) is 29.2 Å². The molecule has 1 aliphatic heterocycles. The SMILES string of the molecule is Clc1ccc2c(N[C@H]3CCNC3)c(-c3nc4ccccc4[nH]3)cnc2c1. The summed E-state index contributed by atoms with van der Waals surface area (Å²) in [6.07, 6.45) is 2.97. The number of halogens is 1. The van der Waals surface area contributed by atoms with Gasteiger partial charge in [0.2, 0.25) is 0 Å². The molecule has 0 amide bonds. The Morgan fingerprint density at radius 3 is 2.88 bits per heavy atom. The van der Waals surface area contributed by atoms with Crippen LogP contribution in [0.1, 0.15) is 6.42 Å². The number of fused-ring (bicyclic) bond motifs is 2. The maximum atomic E-state index is 6.16. The van der Waals surface area contributed by atoms with E-state index in [0.29, 0.717) is 11.1 Å². The Morgan fingerprint density at radius 1 is 1.12 bits per heavy atom. The van der Waals surface area contributed by atoms with E-state index in [0.717, 1.165) is 58.5 Å². The maximum Gasteiger partial charge on any atom is 0.142 e. The Kier molecular flexibility index (Phi) is 3.76. The van der Waals surface area contributed by atoms with Crippen LogP contribution in [-0.2, 0) is 0 Å². The quantitative estimate of drug-likeness (QED) is 0.510. The minimum atomic E-state index is 0.388. The number of nitrogens with zero attached hydrogens (tertiary/aromatic N) is 2. The average Bonchev–Trinajstić information content (AvgIpc) is 3.30. The van der Waals surface area contributed by atoms with E-state index in [-0.39, 0.29) is 0 Å². The number of imidazole rings is 1. The zero-order chi connectivity index (χ0) is 17.5. The predicted octanol–water partition coefficient (Wildman–Crippen LogP) is 4.21. The highest BCUT2D eigenvalue weighted by Gasteiger charge is 2.20. The molecule has 0 unspecified atom stereocenters. The number of para-hydroxylation sites is 2. The lowest BCUT2D eigenvalue weighted by Crippen LogP contribution is -2.22. The second-order valence-electron chi connectivity index (χ2n) is 6.64. The molecule has 0 saturated carbocycles. The fourth-order valence-electron chi connectivity index (χ4n) is 3.56. The van der Waals surface area contributed by atoms with Crippen LogP contribution in [0.3, 0.4) is 0 Å². The van der Waals surface area contributed by atoms with Crippen LogP contribution < -0.4 is 10.6 Å². The monoisotopic (exact) mass is 363 g/mol. The van der Waals surface area contributed by atoms with Gasteiger partial charge >= 0.3 is 0 Å². The van der Waals surface area contributed by atoms with Crippen LogP contribution in [0.4, 0.5) is 5.69 Å². The lowest BCUT2D eigenvalue weighted by molar-refractivity contribution is 0.794. The molecule has 0 bridgehead atoms. The number of anilines is 1. The first-order valence-corrected chi connectivity index (χ1v) is 9.16. The molecule has 6 heteroatoms. The molecule has 26 heavy (non-hydrogen) atoms. The molecule has 130 valence electrons. The molecule has 3 heterocycles. The van der Waals surface area contributed by atoms with Crippen molar-refractivity contribution in [1.29, 1.82) is 0 Å². The van der Waals surface area contributed by atoms with Gasteiger partial charge in [-0.1, -0.05) is 23.7 Å². The van der Waals surface area contributed by atoms with Gasteiger partial charge in [-0.05, 0) is 43.3 Å². The van der Waals surface area contributed by atoms with Crippen LogP contribution in [0, 0.1) is 0 Å². The number of hydrogen-bond donors (Lipinski definition) is 3. The van der Waals surface area contributed by atoms with Crippen molar-refractivity contribution >= 4 is 39.2 Å². The Balaban J connectivity index is 1.70. The van der Waals surface area contributed by atoms with Gasteiger partial charge in [0.15, 0.2) is 0 Å². The van der Waals surface area contributed by atoms with E-state index in [4.69, 9.17) is 16.6 Å². The van der Waals surface area contributed by atoms with Crippen LogP contribution in [0.5, 0.6) is 0 Å². The smallest absolute Gasteiger partial charge is 0.142 e. The Bertz CT molecular complexity index is 1060. The molecule has 4 aromatic rings. The van der Waals surface area contributed by atoms with Crippen molar-refractivity contribution in [3.63, 3.8) is 0 Å². The Labute approximate surface area is 155 Å². The molecule has 0 aliphatic carbocycles. The second kappa shape index (κ2) is 6.27. The van der Waals surface area contributed by atoms with Gasteiger partial charge in [-0.2, -0.15) is 0 Å². The van der Waals surface area contributed by atoms with Crippen LogP contribution in [-0.4, -0.2) is 34.1 Å². The Morgan fingerprint density at radius 2 is 2.04 bits per heavy atom. The normalized spacial score (nSPS) is 17.2. The predicted molar refractivity (Wildman–Crippen MR) is 107 cm³/mol. The fraction of sp³-hybridized carbons (Fsp3) is 0.200. The average molecular weight is 364 g/mol. The molecule has 2 aromatic carbocycles. The number of benzene rings is 2. The highest BCUT2D eigenvalue weighted by Crippen LogP contribution is 2.35. The van der Waals surface area contributed by atoms with E-state index < -0.39 is 0 Å². The van der Waals surface area contributed by atoms with E-state index in [9.17, 15) is 0 Å².